The molecule has 1 rings (SSSR count). The lowest BCUT2D eigenvalue weighted by Crippen LogP contribution is -2.11. The highest BCUT2D eigenvalue weighted by molar-refractivity contribution is 7.11. The fourth-order valence-corrected chi connectivity index (χ4v) is 1.61. The molecule has 0 N–H and O–H groups in total. The third-order valence-corrected chi connectivity index (χ3v) is 2.30. The molecule has 0 amide bonds. The van der Waals surface area contributed by atoms with Gasteiger partial charge in [-0.2, -0.15) is 0 Å². The van der Waals surface area contributed by atoms with Crippen LogP contribution < -0.4 is 0 Å². The number of nitrogens with zero attached hydrogens (tertiary/aromatic N) is 1. The number of ether oxygens (including phenoxy) is 1. The second kappa shape index (κ2) is 4.37. The monoisotopic (exact) mass is 199 g/mol. The van der Waals surface area contributed by atoms with E-state index in [-0.39, 0.29) is 12.1 Å². The fraction of sp³-hybridized carbons (Fsp3) is 0.556. The molecular formula is C9H13NO2S. The van der Waals surface area contributed by atoms with Gasteiger partial charge in [0, 0.05) is 5.38 Å². The molecule has 0 radical (unpaired) electrons. The molecule has 0 aliphatic heterocycles. The Kier molecular flexibility index (Phi) is 3.42. The predicted molar refractivity (Wildman–Crippen MR) is 52.0 cm³/mol. The molecule has 0 aromatic carbocycles. The third kappa shape index (κ3) is 2.81. The van der Waals surface area contributed by atoms with Gasteiger partial charge < -0.3 is 4.74 Å². The maximum atomic E-state index is 11.3. The Hall–Kier alpha value is -0.900. The van der Waals surface area contributed by atoms with Gasteiger partial charge in [-0.1, -0.05) is 6.92 Å². The molecule has 4 heteroatoms. The number of aryl methyl sites for hydroxylation is 1. The van der Waals surface area contributed by atoms with E-state index in [1.54, 1.807) is 0 Å². The number of hydrogen-bond acceptors (Lipinski definition) is 4. The van der Waals surface area contributed by atoms with Crippen molar-refractivity contribution in [1.82, 2.24) is 4.98 Å². The van der Waals surface area contributed by atoms with Gasteiger partial charge in [-0.15, -0.1) is 11.3 Å². The second-order valence-corrected chi connectivity index (χ2v) is 3.81. The number of hydrogen-bond donors (Lipinski definition) is 0. The van der Waals surface area contributed by atoms with Crippen molar-refractivity contribution < 1.29 is 9.53 Å². The van der Waals surface area contributed by atoms with Crippen LogP contribution in [-0.4, -0.2) is 17.1 Å². The molecule has 0 unspecified atom stereocenters. The van der Waals surface area contributed by atoms with E-state index in [0.29, 0.717) is 5.01 Å². The molecule has 0 fully saturated rings. The van der Waals surface area contributed by atoms with Gasteiger partial charge in [-0.25, -0.2) is 9.78 Å². The summed E-state index contributed by atoms with van der Waals surface area (Å²) < 4.78 is 5.00. The van der Waals surface area contributed by atoms with Crippen molar-refractivity contribution in [2.24, 2.45) is 0 Å². The van der Waals surface area contributed by atoms with Gasteiger partial charge >= 0.3 is 5.97 Å². The third-order valence-electron chi connectivity index (χ3n) is 1.43. The number of rotatable bonds is 3. The Morgan fingerprint density at radius 1 is 1.69 bits per heavy atom. The van der Waals surface area contributed by atoms with Gasteiger partial charge in [0.25, 0.3) is 0 Å². The standard InChI is InChI=1S/C9H13NO2S/c1-4-7-5-13-8(10-7)9(11)12-6(2)3/h5-6H,4H2,1-3H3. The summed E-state index contributed by atoms with van der Waals surface area (Å²) in [5, 5.41) is 2.34. The van der Waals surface area contributed by atoms with Crippen LogP contribution in [0.1, 0.15) is 36.3 Å². The van der Waals surface area contributed by atoms with Gasteiger partial charge in [0.05, 0.1) is 11.8 Å². The fourth-order valence-electron chi connectivity index (χ4n) is 0.828. The van der Waals surface area contributed by atoms with E-state index in [4.69, 9.17) is 4.74 Å². The van der Waals surface area contributed by atoms with Gasteiger partial charge in [-0.05, 0) is 20.3 Å². The van der Waals surface area contributed by atoms with E-state index in [1.165, 1.54) is 11.3 Å². The minimum absolute atomic E-state index is 0.0820. The Labute approximate surface area is 81.8 Å². The van der Waals surface area contributed by atoms with Crippen LogP contribution in [0.15, 0.2) is 5.38 Å². The van der Waals surface area contributed by atoms with Crippen LogP contribution in [0, 0.1) is 0 Å². The number of esters is 1. The molecule has 0 bridgehead atoms. The molecule has 0 saturated heterocycles. The van der Waals surface area contributed by atoms with Gasteiger partial charge in [0.1, 0.15) is 0 Å². The summed E-state index contributed by atoms with van der Waals surface area (Å²) in [6.07, 6.45) is 0.771. The van der Waals surface area contributed by atoms with E-state index >= 15 is 0 Å². The summed E-state index contributed by atoms with van der Waals surface area (Å²) in [5.74, 6) is -0.320. The first-order valence-corrected chi connectivity index (χ1v) is 5.16. The van der Waals surface area contributed by atoms with E-state index < -0.39 is 0 Å². The van der Waals surface area contributed by atoms with E-state index in [0.717, 1.165) is 12.1 Å². The smallest absolute Gasteiger partial charge is 0.367 e. The highest BCUT2D eigenvalue weighted by Crippen LogP contribution is 2.12. The zero-order chi connectivity index (χ0) is 9.84. The van der Waals surface area contributed by atoms with E-state index in [1.807, 2.05) is 26.2 Å². The molecule has 3 nitrogen and oxygen atoms in total. The van der Waals surface area contributed by atoms with Crippen LogP contribution in [-0.2, 0) is 11.2 Å². The molecule has 1 aromatic heterocycles. The van der Waals surface area contributed by atoms with Crippen LogP contribution >= 0.6 is 11.3 Å². The second-order valence-electron chi connectivity index (χ2n) is 2.95. The normalized spacial score (nSPS) is 10.5. The highest BCUT2D eigenvalue weighted by atomic mass is 32.1. The summed E-state index contributed by atoms with van der Waals surface area (Å²) in [7, 11) is 0. The first-order valence-electron chi connectivity index (χ1n) is 4.29. The topological polar surface area (TPSA) is 39.2 Å². The van der Waals surface area contributed by atoms with Crippen LogP contribution in [0.5, 0.6) is 0 Å². The summed E-state index contributed by atoms with van der Waals surface area (Å²) in [5.41, 5.74) is 0.945. The molecular weight excluding hydrogens is 186 g/mol. The van der Waals surface area contributed by atoms with E-state index in [9.17, 15) is 4.79 Å². The summed E-state index contributed by atoms with van der Waals surface area (Å²) in [6.45, 7) is 5.66. The minimum atomic E-state index is -0.320. The van der Waals surface area contributed by atoms with Crippen LogP contribution in [0.25, 0.3) is 0 Å². The lowest BCUT2D eigenvalue weighted by Gasteiger charge is -2.04. The summed E-state index contributed by atoms with van der Waals surface area (Å²) in [6, 6.07) is 0. The maximum absolute atomic E-state index is 11.3. The minimum Gasteiger partial charge on any atom is -0.458 e. The zero-order valence-electron chi connectivity index (χ0n) is 8.03. The Morgan fingerprint density at radius 2 is 2.38 bits per heavy atom. The SMILES string of the molecule is CCc1csc(C(=O)OC(C)C)n1. The molecule has 72 valence electrons. The molecule has 13 heavy (non-hydrogen) atoms. The van der Waals surface area contributed by atoms with Crippen LogP contribution in [0.4, 0.5) is 0 Å². The highest BCUT2D eigenvalue weighted by Gasteiger charge is 2.12. The Morgan fingerprint density at radius 3 is 2.85 bits per heavy atom. The lowest BCUT2D eigenvalue weighted by molar-refractivity contribution is 0.0377. The summed E-state index contributed by atoms with van der Waals surface area (Å²) >= 11 is 1.34. The number of thiazole rings is 1. The molecule has 0 aliphatic carbocycles. The molecule has 1 aromatic rings. The number of carbonyl (C=O) groups is 1. The Bertz CT molecular complexity index is 294. The van der Waals surface area contributed by atoms with Gasteiger partial charge in [0.15, 0.2) is 0 Å². The van der Waals surface area contributed by atoms with Crippen LogP contribution in [0.3, 0.4) is 0 Å². The van der Waals surface area contributed by atoms with Gasteiger partial charge in [0.2, 0.25) is 5.01 Å². The zero-order valence-corrected chi connectivity index (χ0v) is 8.85. The van der Waals surface area contributed by atoms with Crippen molar-refractivity contribution >= 4 is 17.3 Å². The average molecular weight is 199 g/mol. The molecule has 0 atom stereocenters. The predicted octanol–water partition coefficient (Wildman–Crippen LogP) is 2.27. The van der Waals surface area contributed by atoms with Gasteiger partial charge in [-0.3, -0.25) is 0 Å². The first-order chi connectivity index (χ1) is 6.13. The Balaban J connectivity index is 2.66. The van der Waals surface area contributed by atoms with Crippen molar-refractivity contribution in [3.05, 3.63) is 16.1 Å². The largest absolute Gasteiger partial charge is 0.458 e. The molecule has 1 heterocycles. The number of aromatic nitrogens is 1. The maximum Gasteiger partial charge on any atom is 0.367 e. The van der Waals surface area contributed by atoms with Crippen molar-refractivity contribution in [1.29, 1.82) is 0 Å². The molecule has 0 spiro atoms. The number of carbonyl (C=O) groups excluding carboxylic acids is 1. The van der Waals surface area contributed by atoms with Crippen molar-refractivity contribution in [3.63, 3.8) is 0 Å². The van der Waals surface area contributed by atoms with Crippen LogP contribution in [0.2, 0.25) is 0 Å². The first kappa shape index (κ1) is 10.2. The molecule has 0 saturated carbocycles. The average Bonchev–Trinajstić information content (AvgIpc) is 2.50. The van der Waals surface area contributed by atoms with Crippen molar-refractivity contribution in [3.8, 4) is 0 Å². The quantitative estimate of drug-likeness (QED) is 0.701. The van der Waals surface area contributed by atoms with E-state index in [2.05, 4.69) is 4.98 Å². The summed E-state index contributed by atoms with van der Waals surface area (Å²) in [4.78, 5) is 15.4. The molecule has 0 aliphatic rings. The van der Waals surface area contributed by atoms with Crippen molar-refractivity contribution in [2.75, 3.05) is 0 Å². The lowest BCUT2D eigenvalue weighted by atomic mass is 10.4. The van der Waals surface area contributed by atoms with Crippen molar-refractivity contribution in [2.45, 2.75) is 33.3 Å².